The first kappa shape index (κ1) is 12.7. The van der Waals surface area contributed by atoms with Crippen LogP contribution < -0.4 is 4.90 Å². The normalized spacial score (nSPS) is 20.6. The predicted molar refractivity (Wildman–Crippen MR) is 71.2 cm³/mol. The number of hydrogen-bond donors (Lipinski definition) is 0. The number of alkyl halides is 1. The molecule has 1 atom stereocenters. The van der Waals surface area contributed by atoms with Crippen LogP contribution in [-0.2, 0) is 5.88 Å². The van der Waals surface area contributed by atoms with Gasteiger partial charge in [0.2, 0.25) is 0 Å². The SMILES string of the molecule is CCC1CCCCN1c1cccc(F)c1CCl. The molecule has 94 valence electrons. The zero-order valence-electron chi connectivity index (χ0n) is 10.3. The topological polar surface area (TPSA) is 3.24 Å². The van der Waals surface area contributed by atoms with Crippen molar-refractivity contribution in [1.82, 2.24) is 0 Å². The van der Waals surface area contributed by atoms with Crippen LogP contribution in [0.4, 0.5) is 10.1 Å². The Kier molecular flexibility index (Phi) is 4.27. The molecule has 1 fully saturated rings. The van der Waals surface area contributed by atoms with Crippen LogP contribution in [0, 0.1) is 5.82 Å². The maximum Gasteiger partial charge on any atom is 0.129 e. The van der Waals surface area contributed by atoms with Gasteiger partial charge in [-0.1, -0.05) is 13.0 Å². The van der Waals surface area contributed by atoms with Crippen molar-refractivity contribution in [3.63, 3.8) is 0 Å². The average Bonchev–Trinajstić information content (AvgIpc) is 2.38. The Morgan fingerprint density at radius 3 is 2.94 bits per heavy atom. The van der Waals surface area contributed by atoms with Crippen molar-refractivity contribution < 1.29 is 4.39 Å². The molecule has 0 aromatic heterocycles. The molecule has 0 saturated carbocycles. The summed E-state index contributed by atoms with van der Waals surface area (Å²) in [6, 6.07) is 5.80. The van der Waals surface area contributed by atoms with E-state index in [0.717, 1.165) is 18.7 Å². The largest absolute Gasteiger partial charge is 0.368 e. The summed E-state index contributed by atoms with van der Waals surface area (Å²) in [7, 11) is 0. The first-order chi connectivity index (χ1) is 8.27. The molecule has 3 heteroatoms. The molecule has 0 bridgehead atoms. The van der Waals surface area contributed by atoms with Crippen LogP contribution in [0.5, 0.6) is 0 Å². The summed E-state index contributed by atoms with van der Waals surface area (Å²) in [6.45, 7) is 3.22. The molecule has 1 heterocycles. The van der Waals surface area contributed by atoms with Crippen molar-refractivity contribution in [3.05, 3.63) is 29.6 Å². The lowest BCUT2D eigenvalue weighted by molar-refractivity contribution is 0.448. The van der Waals surface area contributed by atoms with Crippen molar-refractivity contribution in [2.45, 2.75) is 44.5 Å². The minimum Gasteiger partial charge on any atom is -0.368 e. The van der Waals surface area contributed by atoms with Crippen molar-refractivity contribution in [2.24, 2.45) is 0 Å². The van der Waals surface area contributed by atoms with Gasteiger partial charge in [-0.25, -0.2) is 4.39 Å². The molecule has 1 nitrogen and oxygen atoms in total. The van der Waals surface area contributed by atoms with Crippen LogP contribution in [0.1, 0.15) is 38.2 Å². The van der Waals surface area contributed by atoms with E-state index in [0.29, 0.717) is 11.6 Å². The van der Waals surface area contributed by atoms with Gasteiger partial charge in [0.1, 0.15) is 5.82 Å². The van der Waals surface area contributed by atoms with Gasteiger partial charge in [-0.2, -0.15) is 0 Å². The van der Waals surface area contributed by atoms with Gasteiger partial charge in [-0.15, -0.1) is 11.6 Å². The maximum atomic E-state index is 13.7. The minimum absolute atomic E-state index is 0.182. The average molecular weight is 256 g/mol. The minimum atomic E-state index is -0.182. The van der Waals surface area contributed by atoms with Gasteiger partial charge in [-0.3, -0.25) is 0 Å². The van der Waals surface area contributed by atoms with E-state index in [4.69, 9.17) is 11.6 Å². The molecule has 2 rings (SSSR count). The number of halogens is 2. The van der Waals surface area contributed by atoms with Gasteiger partial charge < -0.3 is 4.90 Å². The van der Waals surface area contributed by atoms with E-state index in [2.05, 4.69) is 11.8 Å². The van der Waals surface area contributed by atoms with E-state index >= 15 is 0 Å². The second-order valence-corrected chi connectivity index (χ2v) is 4.89. The second-order valence-electron chi connectivity index (χ2n) is 4.62. The lowest BCUT2D eigenvalue weighted by atomic mass is 9.98. The van der Waals surface area contributed by atoms with Crippen molar-refractivity contribution in [1.29, 1.82) is 0 Å². The standard InChI is InChI=1S/C14H19ClFN/c1-2-11-6-3-4-9-17(11)14-8-5-7-13(16)12(14)10-15/h5,7-8,11H,2-4,6,9-10H2,1H3. The van der Waals surface area contributed by atoms with Gasteiger partial charge >= 0.3 is 0 Å². The van der Waals surface area contributed by atoms with Crippen LogP contribution >= 0.6 is 11.6 Å². The van der Waals surface area contributed by atoms with Gasteiger partial charge in [0.05, 0.1) is 5.88 Å². The first-order valence-corrected chi connectivity index (χ1v) is 6.91. The third-order valence-corrected chi connectivity index (χ3v) is 3.90. The quantitative estimate of drug-likeness (QED) is 0.727. The molecular weight excluding hydrogens is 237 g/mol. The van der Waals surface area contributed by atoms with Gasteiger partial charge in [0, 0.05) is 23.8 Å². The van der Waals surface area contributed by atoms with Gasteiger partial charge in [-0.05, 0) is 37.8 Å². The predicted octanol–water partition coefficient (Wildman–Crippen LogP) is 4.33. The molecule has 0 amide bonds. The Hall–Kier alpha value is -0.760. The lowest BCUT2D eigenvalue weighted by Crippen LogP contribution is -2.39. The molecule has 0 N–H and O–H groups in total. The van der Waals surface area contributed by atoms with E-state index in [1.165, 1.54) is 25.3 Å². The summed E-state index contributed by atoms with van der Waals surface area (Å²) < 4.78 is 13.7. The molecule has 1 aliphatic heterocycles. The molecule has 17 heavy (non-hydrogen) atoms. The van der Waals surface area contributed by atoms with Crippen molar-refractivity contribution >= 4 is 17.3 Å². The molecule has 1 saturated heterocycles. The highest BCUT2D eigenvalue weighted by Crippen LogP contribution is 2.31. The number of benzene rings is 1. The molecular formula is C14H19ClFN. The van der Waals surface area contributed by atoms with Crippen molar-refractivity contribution in [3.8, 4) is 0 Å². The van der Waals surface area contributed by atoms with E-state index in [-0.39, 0.29) is 11.7 Å². The first-order valence-electron chi connectivity index (χ1n) is 6.38. The van der Waals surface area contributed by atoms with E-state index in [1.54, 1.807) is 6.07 Å². The van der Waals surface area contributed by atoms with Gasteiger partial charge in [0.25, 0.3) is 0 Å². The summed E-state index contributed by atoms with van der Waals surface area (Å²) in [5.41, 5.74) is 1.64. The van der Waals surface area contributed by atoms with Crippen molar-refractivity contribution in [2.75, 3.05) is 11.4 Å². The van der Waals surface area contributed by atoms with Gasteiger partial charge in [0.15, 0.2) is 0 Å². The molecule has 1 aromatic rings. The zero-order valence-corrected chi connectivity index (χ0v) is 11.0. The Morgan fingerprint density at radius 2 is 2.24 bits per heavy atom. The van der Waals surface area contributed by atoms with Crippen LogP contribution in [0.15, 0.2) is 18.2 Å². The van der Waals surface area contributed by atoms with Crippen LogP contribution in [0.25, 0.3) is 0 Å². The van der Waals surface area contributed by atoms with Crippen LogP contribution in [-0.4, -0.2) is 12.6 Å². The lowest BCUT2D eigenvalue weighted by Gasteiger charge is -2.38. The molecule has 0 spiro atoms. The second kappa shape index (κ2) is 5.72. The summed E-state index contributed by atoms with van der Waals surface area (Å²) in [5, 5.41) is 0. The summed E-state index contributed by atoms with van der Waals surface area (Å²) in [4.78, 5) is 2.34. The smallest absolute Gasteiger partial charge is 0.129 e. The number of hydrogen-bond acceptors (Lipinski definition) is 1. The summed E-state index contributed by atoms with van der Waals surface area (Å²) in [6.07, 6.45) is 4.78. The van der Waals surface area contributed by atoms with E-state index in [1.807, 2.05) is 6.07 Å². The molecule has 0 radical (unpaired) electrons. The Bertz CT molecular complexity index is 380. The monoisotopic (exact) mass is 255 g/mol. The van der Waals surface area contributed by atoms with Crippen LogP contribution in [0.2, 0.25) is 0 Å². The Balaban J connectivity index is 2.34. The van der Waals surface area contributed by atoms with E-state index in [9.17, 15) is 4.39 Å². The fourth-order valence-corrected chi connectivity index (χ4v) is 2.96. The summed E-state index contributed by atoms with van der Waals surface area (Å²) >= 11 is 5.88. The number of rotatable bonds is 3. The third-order valence-electron chi connectivity index (χ3n) is 3.64. The number of piperidine rings is 1. The Morgan fingerprint density at radius 1 is 1.41 bits per heavy atom. The summed E-state index contributed by atoms with van der Waals surface area (Å²) in [5.74, 6) is 0.0625. The molecule has 1 aliphatic rings. The number of anilines is 1. The molecule has 1 aromatic carbocycles. The maximum absolute atomic E-state index is 13.7. The fraction of sp³-hybridized carbons (Fsp3) is 0.571. The number of nitrogens with zero attached hydrogens (tertiary/aromatic N) is 1. The molecule has 1 unspecified atom stereocenters. The third kappa shape index (κ3) is 2.57. The highest BCUT2D eigenvalue weighted by molar-refractivity contribution is 6.17. The van der Waals surface area contributed by atoms with E-state index < -0.39 is 0 Å². The zero-order chi connectivity index (χ0) is 12.3. The fourth-order valence-electron chi connectivity index (χ4n) is 2.69. The highest BCUT2D eigenvalue weighted by atomic mass is 35.5. The molecule has 0 aliphatic carbocycles. The highest BCUT2D eigenvalue weighted by Gasteiger charge is 2.23. The van der Waals surface area contributed by atoms with Crippen LogP contribution in [0.3, 0.4) is 0 Å². The Labute approximate surface area is 108 Å².